The smallest absolute Gasteiger partial charge is 0.365 e. The Bertz CT molecular complexity index is 212. The molecule has 4 heteroatoms. The minimum Gasteiger partial charge on any atom is -0.477 e. The van der Waals surface area contributed by atoms with E-state index in [4.69, 9.17) is 10.8 Å². The number of hydrogen-bond acceptors (Lipinski definition) is 2. The topological polar surface area (TPSA) is 63.3 Å². The molecule has 84 valence electrons. The van der Waals surface area contributed by atoms with Crippen molar-refractivity contribution in [3.05, 3.63) is 0 Å². The maximum Gasteiger partial charge on any atom is 0.365 e. The van der Waals surface area contributed by atoms with Crippen LogP contribution in [-0.4, -0.2) is 41.4 Å². The highest BCUT2D eigenvalue weighted by Crippen LogP contribution is 2.24. The van der Waals surface area contributed by atoms with Crippen molar-refractivity contribution in [3.63, 3.8) is 0 Å². The van der Waals surface area contributed by atoms with Gasteiger partial charge in [0.1, 0.15) is 6.17 Å². The molecular weight excluding hydrogens is 180 g/mol. The predicted molar refractivity (Wildman–Crippen MR) is 56.7 cm³/mol. The normalized spacial score (nSPS) is 15.3. The van der Waals surface area contributed by atoms with Gasteiger partial charge in [-0.25, -0.2) is 4.79 Å². The van der Waals surface area contributed by atoms with Crippen LogP contribution in [0.4, 0.5) is 0 Å². The molecule has 0 spiro atoms. The van der Waals surface area contributed by atoms with Crippen molar-refractivity contribution in [2.75, 3.05) is 14.1 Å². The number of rotatable bonds is 5. The Balaban J connectivity index is 4.83. The molecule has 0 fully saturated rings. The first-order valence-corrected chi connectivity index (χ1v) is 5.00. The van der Waals surface area contributed by atoms with Gasteiger partial charge in [0.25, 0.3) is 0 Å². The van der Waals surface area contributed by atoms with E-state index in [-0.39, 0.29) is 6.17 Å². The third-order valence-corrected chi connectivity index (χ3v) is 3.38. The molecule has 1 atom stereocenters. The van der Waals surface area contributed by atoms with Crippen LogP contribution < -0.4 is 5.73 Å². The van der Waals surface area contributed by atoms with E-state index in [0.29, 0.717) is 4.48 Å². The van der Waals surface area contributed by atoms with Gasteiger partial charge in [0.05, 0.1) is 14.1 Å². The van der Waals surface area contributed by atoms with Crippen molar-refractivity contribution in [2.45, 2.75) is 45.3 Å². The molecule has 0 aromatic rings. The van der Waals surface area contributed by atoms with Gasteiger partial charge >= 0.3 is 5.97 Å². The molecule has 0 saturated heterocycles. The third kappa shape index (κ3) is 2.25. The summed E-state index contributed by atoms with van der Waals surface area (Å²) in [6, 6.07) is 0. The van der Waals surface area contributed by atoms with Crippen molar-refractivity contribution in [1.82, 2.24) is 0 Å². The Hall–Kier alpha value is -0.610. The van der Waals surface area contributed by atoms with E-state index in [0.717, 1.165) is 12.8 Å². The van der Waals surface area contributed by atoms with E-state index in [9.17, 15) is 4.79 Å². The molecule has 0 amide bonds. The van der Waals surface area contributed by atoms with Crippen molar-refractivity contribution in [3.8, 4) is 0 Å². The molecule has 0 aliphatic rings. The lowest BCUT2D eigenvalue weighted by atomic mass is 9.98. The second-order valence-electron chi connectivity index (χ2n) is 4.76. The average molecular weight is 203 g/mol. The summed E-state index contributed by atoms with van der Waals surface area (Å²) in [5, 5.41) is 9.12. The maximum absolute atomic E-state index is 11.1. The highest BCUT2D eigenvalue weighted by Gasteiger charge is 2.46. The molecule has 1 unspecified atom stereocenters. The molecule has 0 radical (unpaired) electrons. The van der Waals surface area contributed by atoms with Gasteiger partial charge in [0.15, 0.2) is 5.54 Å². The predicted octanol–water partition coefficient (Wildman–Crippen LogP) is 1.01. The van der Waals surface area contributed by atoms with Gasteiger partial charge in [-0.1, -0.05) is 6.92 Å². The lowest BCUT2D eigenvalue weighted by molar-refractivity contribution is -0.951. The van der Waals surface area contributed by atoms with Crippen LogP contribution in [-0.2, 0) is 4.79 Å². The van der Waals surface area contributed by atoms with Gasteiger partial charge in [0.2, 0.25) is 0 Å². The fourth-order valence-electron chi connectivity index (χ4n) is 1.28. The van der Waals surface area contributed by atoms with Crippen LogP contribution >= 0.6 is 0 Å². The fraction of sp³-hybridized carbons (Fsp3) is 0.900. The molecule has 14 heavy (non-hydrogen) atoms. The maximum atomic E-state index is 11.1. The highest BCUT2D eigenvalue weighted by atomic mass is 16.4. The largest absolute Gasteiger partial charge is 0.477 e. The van der Waals surface area contributed by atoms with Crippen molar-refractivity contribution >= 4 is 5.97 Å². The Morgan fingerprint density at radius 2 is 1.93 bits per heavy atom. The van der Waals surface area contributed by atoms with Crippen LogP contribution in [0.5, 0.6) is 0 Å². The number of carbonyl (C=O) groups is 1. The Morgan fingerprint density at radius 1 is 1.50 bits per heavy atom. The summed E-state index contributed by atoms with van der Waals surface area (Å²) in [4.78, 5) is 11.1. The molecule has 0 bridgehead atoms. The van der Waals surface area contributed by atoms with Crippen LogP contribution in [0.2, 0.25) is 0 Å². The molecular formula is C10H23N2O2+. The average Bonchev–Trinajstić information content (AvgIpc) is 2.04. The van der Waals surface area contributed by atoms with Gasteiger partial charge in [0, 0.05) is 20.3 Å². The second-order valence-corrected chi connectivity index (χ2v) is 4.76. The molecule has 0 aromatic heterocycles. The van der Waals surface area contributed by atoms with E-state index >= 15 is 0 Å². The summed E-state index contributed by atoms with van der Waals surface area (Å²) in [6.45, 7) is 5.48. The summed E-state index contributed by atoms with van der Waals surface area (Å²) in [5.41, 5.74) is 5.14. The number of aliphatic carboxylic acids is 1. The summed E-state index contributed by atoms with van der Waals surface area (Å²) in [6.07, 6.45) is 1.67. The Labute approximate surface area is 86.3 Å². The Kier molecular flexibility index (Phi) is 4.09. The summed E-state index contributed by atoms with van der Waals surface area (Å²) in [7, 11) is 3.74. The van der Waals surface area contributed by atoms with E-state index in [1.807, 2.05) is 21.0 Å². The monoisotopic (exact) mass is 203 g/mol. The van der Waals surface area contributed by atoms with Gasteiger partial charge in [-0.05, 0) is 6.42 Å². The molecule has 0 aliphatic carbocycles. The van der Waals surface area contributed by atoms with E-state index in [1.54, 1.807) is 13.8 Å². The van der Waals surface area contributed by atoms with Gasteiger partial charge < -0.3 is 9.59 Å². The fourth-order valence-corrected chi connectivity index (χ4v) is 1.28. The number of likely N-dealkylation sites (N-methyl/N-ethyl adjacent to an activating group) is 1. The van der Waals surface area contributed by atoms with Crippen LogP contribution in [0.1, 0.15) is 33.6 Å². The first-order valence-electron chi connectivity index (χ1n) is 5.00. The first-order chi connectivity index (χ1) is 6.17. The van der Waals surface area contributed by atoms with E-state index in [1.165, 1.54) is 0 Å². The molecule has 0 aromatic carbocycles. The van der Waals surface area contributed by atoms with Crippen molar-refractivity contribution in [1.29, 1.82) is 0 Å². The number of nitrogens with two attached hydrogens (primary N) is 1. The molecule has 4 nitrogen and oxygen atoms in total. The summed E-state index contributed by atoms with van der Waals surface area (Å²) in [5.74, 6) is -0.811. The number of carboxylic acids is 1. The summed E-state index contributed by atoms with van der Waals surface area (Å²) < 4.78 is 0.302. The van der Waals surface area contributed by atoms with Crippen LogP contribution in [0.25, 0.3) is 0 Å². The minimum atomic E-state index is -0.853. The number of nitrogens with zero attached hydrogens (tertiary/aromatic N) is 1. The van der Waals surface area contributed by atoms with Gasteiger partial charge in [-0.15, -0.1) is 0 Å². The second kappa shape index (κ2) is 4.28. The molecule has 0 heterocycles. The first kappa shape index (κ1) is 13.4. The number of carboxylic acid groups (broad SMARTS) is 1. The van der Waals surface area contributed by atoms with Crippen molar-refractivity contribution < 1.29 is 14.4 Å². The number of hydrogen-bond donors (Lipinski definition) is 2. The zero-order valence-electron chi connectivity index (χ0n) is 9.87. The highest BCUT2D eigenvalue weighted by molar-refractivity contribution is 5.76. The quantitative estimate of drug-likeness (QED) is 0.518. The Morgan fingerprint density at radius 3 is 2.21 bits per heavy atom. The number of quaternary nitrogens is 1. The minimum absolute atomic E-state index is 0.133. The van der Waals surface area contributed by atoms with Crippen molar-refractivity contribution in [2.24, 2.45) is 5.73 Å². The standard InChI is InChI=1S/C10H22N2O2/c1-6-7-8(11)12(4,5)10(2,3)9(13)14/h8H,6-7,11H2,1-5H3/p+1. The third-order valence-electron chi connectivity index (χ3n) is 3.38. The van der Waals surface area contributed by atoms with Crippen LogP contribution in [0.15, 0.2) is 0 Å². The zero-order valence-corrected chi connectivity index (χ0v) is 9.87. The van der Waals surface area contributed by atoms with Gasteiger partial charge in [-0.2, -0.15) is 0 Å². The zero-order chi connectivity index (χ0) is 11.6. The molecule has 0 saturated carbocycles. The lowest BCUT2D eigenvalue weighted by Crippen LogP contribution is -2.67. The van der Waals surface area contributed by atoms with Gasteiger partial charge in [-0.3, -0.25) is 5.73 Å². The molecule has 3 N–H and O–H groups in total. The molecule has 0 rings (SSSR count). The lowest BCUT2D eigenvalue weighted by Gasteiger charge is -2.45. The van der Waals surface area contributed by atoms with E-state index in [2.05, 4.69) is 0 Å². The molecule has 0 aliphatic heterocycles. The van der Waals surface area contributed by atoms with E-state index < -0.39 is 11.5 Å². The van der Waals surface area contributed by atoms with Crippen LogP contribution in [0.3, 0.4) is 0 Å². The van der Waals surface area contributed by atoms with Crippen LogP contribution in [0, 0.1) is 0 Å². The SMILES string of the molecule is CCCC(N)[N+](C)(C)C(C)(C)C(=O)O. The summed E-state index contributed by atoms with van der Waals surface area (Å²) >= 11 is 0.